The summed E-state index contributed by atoms with van der Waals surface area (Å²) in [5.74, 6) is 0.145. The van der Waals surface area contributed by atoms with Crippen molar-refractivity contribution in [3.63, 3.8) is 0 Å². The molecule has 1 aliphatic rings. The highest BCUT2D eigenvalue weighted by atomic mass is 35.5. The van der Waals surface area contributed by atoms with E-state index in [0.717, 1.165) is 18.7 Å². The number of aliphatic hydroxyl groups excluding tert-OH is 1. The number of aliphatic hydroxyl groups is 1. The second-order valence-corrected chi connectivity index (χ2v) is 5.25. The first-order valence-electron chi connectivity index (χ1n) is 5.89. The van der Waals surface area contributed by atoms with Gasteiger partial charge in [-0.05, 0) is 0 Å². The van der Waals surface area contributed by atoms with Gasteiger partial charge in [0.15, 0.2) is 0 Å². The van der Waals surface area contributed by atoms with Crippen molar-refractivity contribution in [1.29, 1.82) is 0 Å². The van der Waals surface area contributed by atoms with Gasteiger partial charge in [0.25, 0.3) is 0 Å². The molecule has 0 aromatic carbocycles. The van der Waals surface area contributed by atoms with Gasteiger partial charge >= 0.3 is 0 Å². The van der Waals surface area contributed by atoms with E-state index in [9.17, 15) is 5.11 Å². The van der Waals surface area contributed by atoms with Crippen LogP contribution in [0, 0.1) is 5.92 Å². The van der Waals surface area contributed by atoms with E-state index in [4.69, 9.17) is 27.9 Å². The van der Waals surface area contributed by atoms with Gasteiger partial charge in [-0.3, -0.25) is 9.88 Å². The first-order chi connectivity index (χ1) is 8.70. The molecule has 0 bridgehead atoms. The molecule has 18 heavy (non-hydrogen) atoms. The normalized spacial score (nSPS) is 21.8. The minimum absolute atomic E-state index is 0.133. The van der Waals surface area contributed by atoms with E-state index in [1.54, 1.807) is 12.4 Å². The summed E-state index contributed by atoms with van der Waals surface area (Å²) < 4.78 is 5.45. The molecule has 1 fully saturated rings. The molecule has 1 aromatic rings. The van der Waals surface area contributed by atoms with Crippen LogP contribution in [0.1, 0.15) is 5.56 Å². The van der Waals surface area contributed by atoms with Gasteiger partial charge in [-0.25, -0.2) is 0 Å². The van der Waals surface area contributed by atoms with Crippen LogP contribution in [0.4, 0.5) is 0 Å². The Labute approximate surface area is 116 Å². The fourth-order valence-corrected chi connectivity index (χ4v) is 2.50. The Morgan fingerprint density at radius 3 is 2.78 bits per heavy atom. The zero-order chi connectivity index (χ0) is 13.0. The average molecular weight is 291 g/mol. The van der Waals surface area contributed by atoms with Crippen molar-refractivity contribution in [2.24, 2.45) is 5.92 Å². The molecule has 0 spiro atoms. The maximum atomic E-state index is 9.24. The number of hydrogen-bond donors (Lipinski definition) is 1. The van der Waals surface area contributed by atoms with Crippen LogP contribution in [0.5, 0.6) is 0 Å². The van der Waals surface area contributed by atoms with Gasteiger partial charge in [0.1, 0.15) is 0 Å². The van der Waals surface area contributed by atoms with Crippen LogP contribution in [0.15, 0.2) is 12.4 Å². The summed E-state index contributed by atoms with van der Waals surface area (Å²) >= 11 is 12.2. The Kier molecular flexibility index (Phi) is 5.21. The molecule has 6 heteroatoms. The van der Waals surface area contributed by atoms with Gasteiger partial charge in [0.2, 0.25) is 0 Å². The Morgan fingerprint density at radius 1 is 1.39 bits per heavy atom. The molecule has 100 valence electrons. The Morgan fingerprint density at radius 2 is 2.11 bits per heavy atom. The predicted octanol–water partition coefficient (Wildman–Crippen LogP) is 1.83. The largest absolute Gasteiger partial charge is 0.396 e. The fourth-order valence-electron chi connectivity index (χ4n) is 2.02. The van der Waals surface area contributed by atoms with Gasteiger partial charge in [0.05, 0.1) is 23.3 Å². The van der Waals surface area contributed by atoms with Gasteiger partial charge in [-0.1, -0.05) is 23.2 Å². The van der Waals surface area contributed by atoms with E-state index in [1.165, 1.54) is 0 Å². The molecule has 2 rings (SSSR count). The maximum Gasteiger partial charge on any atom is 0.0649 e. The molecule has 1 saturated heterocycles. The number of ether oxygens (including phenoxy) is 1. The van der Waals surface area contributed by atoms with Crippen molar-refractivity contribution in [1.82, 2.24) is 9.88 Å². The third-order valence-electron chi connectivity index (χ3n) is 3.01. The van der Waals surface area contributed by atoms with Gasteiger partial charge < -0.3 is 9.84 Å². The second kappa shape index (κ2) is 6.68. The topological polar surface area (TPSA) is 45.6 Å². The summed E-state index contributed by atoms with van der Waals surface area (Å²) in [7, 11) is 0. The lowest BCUT2D eigenvalue weighted by Gasteiger charge is -2.23. The van der Waals surface area contributed by atoms with Crippen LogP contribution >= 0.6 is 23.2 Å². The molecule has 0 radical (unpaired) electrons. The van der Waals surface area contributed by atoms with Crippen molar-refractivity contribution in [3.8, 4) is 0 Å². The first-order valence-corrected chi connectivity index (χ1v) is 6.65. The van der Waals surface area contributed by atoms with Crippen LogP contribution in [-0.2, 0) is 11.3 Å². The van der Waals surface area contributed by atoms with E-state index >= 15 is 0 Å². The number of rotatable bonds is 3. The summed E-state index contributed by atoms with van der Waals surface area (Å²) in [6.07, 6.45) is 3.20. The molecule has 1 aliphatic heterocycles. The van der Waals surface area contributed by atoms with E-state index in [-0.39, 0.29) is 12.5 Å². The number of nitrogens with zero attached hydrogens (tertiary/aromatic N) is 2. The lowest BCUT2D eigenvalue weighted by molar-refractivity contribution is 0.0958. The Hall–Kier alpha value is -0.390. The van der Waals surface area contributed by atoms with Crippen LogP contribution < -0.4 is 0 Å². The molecule has 1 unspecified atom stereocenters. The van der Waals surface area contributed by atoms with Gasteiger partial charge in [-0.2, -0.15) is 0 Å². The monoisotopic (exact) mass is 290 g/mol. The molecule has 4 nitrogen and oxygen atoms in total. The lowest BCUT2D eigenvalue weighted by Crippen LogP contribution is -2.31. The molecular formula is C12H16Cl2N2O2. The standard InChI is InChI=1S/C12H16Cl2N2O2/c13-11-3-15-4-12(14)10(11)6-16-1-2-18-8-9(5-16)7-17/h3-4,9,17H,1-2,5-8H2. The number of hydrogen-bond acceptors (Lipinski definition) is 4. The minimum atomic E-state index is 0.133. The predicted molar refractivity (Wildman–Crippen MR) is 70.9 cm³/mol. The Balaban J connectivity index is 2.07. The van der Waals surface area contributed by atoms with E-state index in [1.807, 2.05) is 0 Å². The van der Waals surface area contributed by atoms with Crippen molar-refractivity contribution in [2.45, 2.75) is 6.54 Å². The zero-order valence-corrected chi connectivity index (χ0v) is 11.5. The maximum absolute atomic E-state index is 9.24. The fraction of sp³-hybridized carbons (Fsp3) is 0.583. The third kappa shape index (κ3) is 3.56. The molecular weight excluding hydrogens is 275 g/mol. The molecule has 0 aliphatic carbocycles. The van der Waals surface area contributed by atoms with Crippen LogP contribution in [0.2, 0.25) is 10.0 Å². The smallest absolute Gasteiger partial charge is 0.0649 e. The molecule has 2 heterocycles. The van der Waals surface area contributed by atoms with E-state index in [0.29, 0.717) is 29.8 Å². The first kappa shape index (κ1) is 14.0. The highest BCUT2D eigenvalue weighted by Gasteiger charge is 2.19. The van der Waals surface area contributed by atoms with Crippen LogP contribution in [0.25, 0.3) is 0 Å². The molecule has 1 aromatic heterocycles. The van der Waals surface area contributed by atoms with Crippen molar-refractivity contribution >= 4 is 23.2 Å². The van der Waals surface area contributed by atoms with E-state index < -0.39 is 0 Å². The summed E-state index contributed by atoms with van der Waals surface area (Å²) in [6.45, 7) is 3.65. The van der Waals surface area contributed by atoms with Crippen LogP contribution in [0.3, 0.4) is 0 Å². The van der Waals surface area contributed by atoms with Gasteiger partial charge in [0, 0.05) is 50.1 Å². The Bertz CT molecular complexity index is 383. The zero-order valence-electron chi connectivity index (χ0n) is 9.98. The number of aromatic nitrogens is 1. The number of halogens is 2. The third-order valence-corrected chi connectivity index (χ3v) is 3.67. The number of pyridine rings is 1. The SMILES string of the molecule is OCC1COCCN(Cc2c(Cl)cncc2Cl)C1. The molecule has 1 N–H and O–H groups in total. The van der Waals surface area contributed by atoms with Crippen molar-refractivity contribution in [3.05, 3.63) is 28.0 Å². The highest BCUT2D eigenvalue weighted by molar-refractivity contribution is 6.35. The summed E-state index contributed by atoms with van der Waals surface area (Å²) in [6, 6.07) is 0. The van der Waals surface area contributed by atoms with Gasteiger partial charge in [-0.15, -0.1) is 0 Å². The lowest BCUT2D eigenvalue weighted by atomic mass is 10.1. The van der Waals surface area contributed by atoms with E-state index in [2.05, 4.69) is 9.88 Å². The van der Waals surface area contributed by atoms with Crippen molar-refractivity contribution < 1.29 is 9.84 Å². The molecule has 0 saturated carbocycles. The summed E-state index contributed by atoms with van der Waals surface area (Å²) in [5.41, 5.74) is 0.881. The van der Waals surface area contributed by atoms with Crippen LogP contribution in [-0.4, -0.2) is 47.9 Å². The molecule has 0 amide bonds. The quantitative estimate of drug-likeness (QED) is 0.923. The summed E-state index contributed by atoms with van der Waals surface area (Å²) in [5, 5.41) is 10.4. The van der Waals surface area contributed by atoms with Crippen molar-refractivity contribution in [2.75, 3.05) is 32.9 Å². The summed E-state index contributed by atoms with van der Waals surface area (Å²) in [4.78, 5) is 6.14. The molecule has 1 atom stereocenters. The highest BCUT2D eigenvalue weighted by Crippen LogP contribution is 2.25. The minimum Gasteiger partial charge on any atom is -0.396 e. The average Bonchev–Trinajstić information content (AvgIpc) is 2.59. The second-order valence-electron chi connectivity index (χ2n) is 4.44.